The number of rotatable bonds is 5. The second-order valence-corrected chi connectivity index (χ2v) is 7.97. The van der Waals surface area contributed by atoms with E-state index >= 15 is 0 Å². The molecule has 1 N–H and O–H groups in total. The minimum Gasteiger partial charge on any atom is -0.481 e. The molecule has 1 saturated heterocycles. The van der Waals surface area contributed by atoms with Gasteiger partial charge >= 0.3 is 17.8 Å². The molecular weight excluding hydrogens is 461 g/mol. The molecule has 9 nitrogen and oxygen atoms in total. The summed E-state index contributed by atoms with van der Waals surface area (Å²) in [5, 5.41) is 10.0. The average molecular weight is 478 g/mol. The van der Waals surface area contributed by atoms with Crippen LogP contribution in [0.2, 0.25) is 10.0 Å². The first kappa shape index (κ1) is 21.9. The number of oxazole rings is 1. The number of imide groups is 1. The molecule has 1 aliphatic rings. The molecule has 2 heterocycles. The first-order valence-corrected chi connectivity index (χ1v) is 10.4. The van der Waals surface area contributed by atoms with Crippen molar-refractivity contribution in [2.45, 2.75) is 20.0 Å². The van der Waals surface area contributed by atoms with Crippen molar-refractivity contribution in [2.75, 3.05) is 11.4 Å². The highest BCUT2D eigenvalue weighted by atomic mass is 35.5. The van der Waals surface area contributed by atoms with Crippen molar-refractivity contribution in [3.8, 4) is 0 Å². The molecule has 3 amide bonds. The molecule has 32 heavy (non-hydrogen) atoms. The third kappa shape index (κ3) is 3.63. The first-order chi connectivity index (χ1) is 15.2. The number of hydrogen-bond donors (Lipinski definition) is 1. The van der Waals surface area contributed by atoms with Gasteiger partial charge in [0.15, 0.2) is 11.5 Å². The zero-order valence-electron chi connectivity index (χ0n) is 16.7. The molecule has 1 unspecified atom stereocenters. The van der Waals surface area contributed by atoms with Crippen LogP contribution in [0.5, 0.6) is 0 Å². The minimum absolute atomic E-state index is 0.169. The van der Waals surface area contributed by atoms with E-state index in [2.05, 4.69) is 0 Å². The molecule has 1 aliphatic heterocycles. The van der Waals surface area contributed by atoms with Gasteiger partial charge in [0.1, 0.15) is 0 Å². The van der Waals surface area contributed by atoms with Gasteiger partial charge in [0.05, 0.1) is 22.1 Å². The molecule has 2 aromatic carbocycles. The highest BCUT2D eigenvalue weighted by Crippen LogP contribution is 2.31. The molecule has 0 aliphatic carbocycles. The van der Waals surface area contributed by atoms with Gasteiger partial charge in [0.2, 0.25) is 5.91 Å². The Kier molecular flexibility index (Phi) is 5.70. The van der Waals surface area contributed by atoms with Crippen LogP contribution in [-0.2, 0) is 22.7 Å². The largest absolute Gasteiger partial charge is 0.481 e. The second-order valence-electron chi connectivity index (χ2n) is 7.19. The molecule has 1 fully saturated rings. The number of carboxylic acid groups (broad SMARTS) is 1. The summed E-state index contributed by atoms with van der Waals surface area (Å²) in [6.45, 7) is 1.58. The van der Waals surface area contributed by atoms with E-state index in [1.165, 1.54) is 15.5 Å². The smallest absolute Gasteiger partial charge is 0.419 e. The third-order valence-electron chi connectivity index (χ3n) is 5.33. The summed E-state index contributed by atoms with van der Waals surface area (Å²) in [4.78, 5) is 51.8. The molecule has 1 aromatic heterocycles. The van der Waals surface area contributed by atoms with Crippen molar-refractivity contribution in [1.29, 1.82) is 0 Å². The lowest BCUT2D eigenvalue weighted by molar-refractivity contribution is -0.150. The van der Waals surface area contributed by atoms with Gasteiger partial charge in [0, 0.05) is 24.8 Å². The lowest BCUT2D eigenvalue weighted by Crippen LogP contribution is -2.58. The Bertz CT molecular complexity index is 1310. The quantitative estimate of drug-likeness (QED) is 0.561. The summed E-state index contributed by atoms with van der Waals surface area (Å²) in [5.41, 5.74) is 1.48. The Morgan fingerprint density at radius 3 is 2.62 bits per heavy atom. The topological polar surface area (TPSA) is 113 Å². The zero-order valence-corrected chi connectivity index (χ0v) is 18.3. The number of anilines is 1. The van der Waals surface area contributed by atoms with Gasteiger partial charge in [-0.2, -0.15) is 0 Å². The maximum absolute atomic E-state index is 13.2. The normalized spacial score (nSPS) is 16.8. The Labute approximate surface area is 191 Å². The van der Waals surface area contributed by atoms with E-state index < -0.39 is 29.6 Å². The number of fused-ring (bicyclic) bond motifs is 1. The van der Waals surface area contributed by atoms with Crippen LogP contribution in [0.25, 0.3) is 11.1 Å². The maximum atomic E-state index is 13.2. The van der Waals surface area contributed by atoms with Crippen molar-refractivity contribution >= 4 is 57.9 Å². The van der Waals surface area contributed by atoms with Gasteiger partial charge in [-0.3, -0.25) is 24.0 Å². The lowest BCUT2D eigenvalue weighted by Gasteiger charge is -2.37. The summed E-state index contributed by atoms with van der Waals surface area (Å²) in [6, 6.07) is 8.70. The zero-order chi connectivity index (χ0) is 23.2. The van der Waals surface area contributed by atoms with E-state index in [1.807, 2.05) is 0 Å². The number of benzene rings is 2. The molecule has 0 saturated carbocycles. The van der Waals surface area contributed by atoms with E-state index in [-0.39, 0.29) is 28.7 Å². The van der Waals surface area contributed by atoms with Crippen molar-refractivity contribution < 1.29 is 23.9 Å². The number of aryl methyl sites for hydroxylation is 1. The van der Waals surface area contributed by atoms with Crippen LogP contribution >= 0.6 is 23.2 Å². The molecule has 1 atom stereocenters. The van der Waals surface area contributed by atoms with Crippen LogP contribution in [0.15, 0.2) is 45.6 Å². The number of urea groups is 1. The van der Waals surface area contributed by atoms with E-state index in [0.717, 1.165) is 4.90 Å². The van der Waals surface area contributed by atoms with Gasteiger partial charge in [0.25, 0.3) is 0 Å². The van der Waals surface area contributed by atoms with E-state index in [9.17, 15) is 24.3 Å². The predicted molar refractivity (Wildman–Crippen MR) is 117 cm³/mol. The minimum atomic E-state index is -1.48. The van der Waals surface area contributed by atoms with Crippen LogP contribution in [0.3, 0.4) is 0 Å². The van der Waals surface area contributed by atoms with Crippen LogP contribution in [0.1, 0.15) is 12.5 Å². The number of aromatic nitrogens is 1. The molecule has 0 bridgehead atoms. The summed E-state index contributed by atoms with van der Waals surface area (Å²) in [7, 11) is 0. The highest BCUT2D eigenvalue weighted by Gasteiger charge is 2.43. The number of carbonyl (C=O) groups excluding carboxylic acids is 2. The van der Waals surface area contributed by atoms with Gasteiger partial charge < -0.3 is 9.52 Å². The number of hydrogen-bond acceptors (Lipinski definition) is 5. The third-order valence-corrected chi connectivity index (χ3v) is 6.19. The molecule has 166 valence electrons. The predicted octanol–water partition coefficient (Wildman–Crippen LogP) is 3.59. The molecule has 4 rings (SSSR count). The molecular formula is C21H17Cl2N3O6. The van der Waals surface area contributed by atoms with Crippen molar-refractivity contribution in [1.82, 2.24) is 9.47 Å². The fourth-order valence-electron chi connectivity index (χ4n) is 3.68. The number of carboxylic acids is 1. The number of amides is 3. The maximum Gasteiger partial charge on any atom is 0.419 e. The summed E-state index contributed by atoms with van der Waals surface area (Å²) in [6.07, 6.45) is 0. The number of carbonyl (C=O) groups is 3. The summed E-state index contributed by atoms with van der Waals surface area (Å²) >= 11 is 12.2. The Morgan fingerprint density at radius 2 is 1.94 bits per heavy atom. The van der Waals surface area contributed by atoms with Crippen LogP contribution < -0.4 is 10.7 Å². The SMILES string of the molecule is CCn1c(=O)oc2cc(N3CC(C(=O)O)C(=O)N(Cc4cccc(Cl)c4Cl)C3=O)ccc21. The first-order valence-electron chi connectivity index (χ1n) is 9.64. The van der Waals surface area contributed by atoms with Crippen LogP contribution in [0.4, 0.5) is 10.5 Å². The Morgan fingerprint density at radius 1 is 1.19 bits per heavy atom. The van der Waals surface area contributed by atoms with E-state index in [0.29, 0.717) is 23.3 Å². The molecule has 3 aromatic rings. The fourth-order valence-corrected chi connectivity index (χ4v) is 4.06. The molecule has 0 spiro atoms. The van der Waals surface area contributed by atoms with Gasteiger partial charge in [-0.15, -0.1) is 0 Å². The van der Waals surface area contributed by atoms with E-state index in [4.69, 9.17) is 27.6 Å². The number of halogens is 2. The van der Waals surface area contributed by atoms with Gasteiger partial charge in [-0.1, -0.05) is 35.3 Å². The van der Waals surface area contributed by atoms with Gasteiger partial charge in [-0.25, -0.2) is 9.59 Å². The van der Waals surface area contributed by atoms with Crippen molar-refractivity contribution in [3.63, 3.8) is 0 Å². The Hall–Kier alpha value is -3.30. The van der Waals surface area contributed by atoms with Gasteiger partial charge in [-0.05, 0) is 30.7 Å². The molecule has 0 radical (unpaired) electrons. The average Bonchev–Trinajstić information content (AvgIpc) is 3.07. The standard InChI is InChI=1S/C21H17Cl2N3O6/c1-2-24-15-7-6-12(8-16(15)32-21(24)31)25-10-13(19(28)29)18(27)26(20(25)30)9-11-4-3-5-14(22)17(11)23/h3-8,13H,2,9-10H2,1H3,(H,28,29). The van der Waals surface area contributed by atoms with E-state index in [1.54, 1.807) is 37.3 Å². The van der Waals surface area contributed by atoms with Crippen LogP contribution in [0, 0.1) is 5.92 Å². The lowest BCUT2D eigenvalue weighted by atomic mass is 10.0. The molecule has 11 heteroatoms. The summed E-state index contributed by atoms with van der Waals surface area (Å²) < 4.78 is 6.67. The number of nitrogens with zero attached hydrogens (tertiary/aromatic N) is 3. The van der Waals surface area contributed by atoms with Crippen molar-refractivity contribution in [3.05, 3.63) is 62.6 Å². The second kappa shape index (κ2) is 8.33. The monoisotopic (exact) mass is 477 g/mol. The van der Waals surface area contributed by atoms with Crippen molar-refractivity contribution in [2.24, 2.45) is 5.92 Å². The van der Waals surface area contributed by atoms with Crippen LogP contribution in [-0.4, -0.2) is 39.0 Å². The number of aliphatic carboxylic acids is 1. The Balaban J connectivity index is 1.75. The summed E-state index contributed by atoms with van der Waals surface area (Å²) in [5.74, 6) is -4.23. The highest BCUT2D eigenvalue weighted by molar-refractivity contribution is 6.42. The fraction of sp³-hybridized carbons (Fsp3) is 0.238.